The van der Waals surface area contributed by atoms with Crippen LogP contribution in [0.25, 0.3) is 21.5 Å². The number of likely N-dealkylation sites (tertiary alicyclic amines) is 1. The lowest BCUT2D eigenvalue weighted by Crippen LogP contribution is -2.27. The van der Waals surface area contributed by atoms with E-state index >= 15 is 0 Å². The van der Waals surface area contributed by atoms with Crippen LogP contribution in [0.1, 0.15) is 55.5 Å². The average Bonchev–Trinajstić information content (AvgIpc) is 3.59. The van der Waals surface area contributed by atoms with Gasteiger partial charge in [0.1, 0.15) is 21.2 Å². The first-order valence-corrected chi connectivity index (χ1v) is 13.0. The molecule has 0 unspecified atom stereocenters. The number of amides is 2. The van der Waals surface area contributed by atoms with E-state index in [4.69, 9.17) is 9.40 Å². The third-order valence-electron chi connectivity index (χ3n) is 6.70. The van der Waals surface area contributed by atoms with E-state index in [-0.39, 0.29) is 11.8 Å². The number of thiophene rings is 1. The number of benzene rings is 1. The summed E-state index contributed by atoms with van der Waals surface area (Å²) in [6.07, 6.45) is 2.03. The minimum atomic E-state index is -0.265. The summed E-state index contributed by atoms with van der Waals surface area (Å²) < 4.78 is 6.06. The third-order valence-corrected chi connectivity index (χ3v) is 7.77. The maximum Gasteiger partial charge on any atom is 0.266 e. The first-order chi connectivity index (χ1) is 17.3. The van der Waals surface area contributed by atoms with Crippen LogP contribution in [0.4, 0.5) is 11.4 Å². The SMILES string of the molecule is CNc1c(C(=O)N2CCCC2)sc2nc(C)c(C(=O)Nc3ccc(C)cc3C)c(-c3ccc(C)o3)c12. The quantitative estimate of drug-likeness (QED) is 0.333. The molecule has 0 aliphatic carbocycles. The van der Waals surface area contributed by atoms with E-state index < -0.39 is 0 Å². The van der Waals surface area contributed by atoms with Gasteiger partial charge in [0.2, 0.25) is 0 Å². The topological polar surface area (TPSA) is 87.5 Å². The minimum Gasteiger partial charge on any atom is -0.461 e. The van der Waals surface area contributed by atoms with Gasteiger partial charge in [-0.05, 0) is 64.3 Å². The lowest BCUT2D eigenvalue weighted by molar-refractivity contribution is 0.0798. The number of nitrogens with zero attached hydrogens (tertiary/aromatic N) is 2. The standard InChI is InChI=1S/C28H30N4O3S/c1-15-8-10-19(16(2)14-15)31-26(33)21-18(4)30-27-23(22(21)20-11-9-17(3)35-20)24(29-5)25(36-27)28(34)32-12-6-7-13-32/h8-11,14,29H,6-7,12-13H2,1-5H3,(H,31,33). The first kappa shape index (κ1) is 24.1. The summed E-state index contributed by atoms with van der Waals surface area (Å²) in [6.45, 7) is 9.22. The molecule has 0 atom stereocenters. The summed E-state index contributed by atoms with van der Waals surface area (Å²) in [5.41, 5.74) is 5.21. The summed E-state index contributed by atoms with van der Waals surface area (Å²) in [7, 11) is 1.80. The molecule has 36 heavy (non-hydrogen) atoms. The normalized spacial score (nSPS) is 13.4. The Hall–Kier alpha value is -3.65. The fourth-order valence-corrected chi connectivity index (χ4v) is 6.13. The van der Waals surface area contributed by atoms with Crippen molar-refractivity contribution in [1.82, 2.24) is 9.88 Å². The molecule has 4 heterocycles. The maximum absolute atomic E-state index is 13.8. The summed E-state index contributed by atoms with van der Waals surface area (Å²) in [4.78, 5) is 35.2. The minimum absolute atomic E-state index is 0.000334. The van der Waals surface area contributed by atoms with Crippen LogP contribution in [0, 0.1) is 27.7 Å². The summed E-state index contributed by atoms with van der Waals surface area (Å²) in [5, 5.41) is 7.05. The molecule has 1 aliphatic rings. The number of hydrogen-bond acceptors (Lipinski definition) is 6. The zero-order valence-corrected chi connectivity index (χ0v) is 22.1. The average molecular weight is 503 g/mol. The van der Waals surface area contributed by atoms with Crippen LogP contribution < -0.4 is 10.6 Å². The van der Waals surface area contributed by atoms with Crippen LogP contribution in [0.5, 0.6) is 0 Å². The second-order valence-corrected chi connectivity index (χ2v) is 10.4. The number of aromatic nitrogens is 1. The van der Waals surface area contributed by atoms with Gasteiger partial charge in [-0.3, -0.25) is 9.59 Å². The van der Waals surface area contributed by atoms with Gasteiger partial charge in [-0.1, -0.05) is 17.7 Å². The Kier molecular flexibility index (Phi) is 6.30. The molecule has 1 aliphatic heterocycles. The Balaban J connectivity index is 1.72. The third kappa shape index (κ3) is 4.15. The fourth-order valence-electron chi connectivity index (χ4n) is 4.93. The number of carbonyl (C=O) groups is 2. The van der Waals surface area contributed by atoms with Crippen molar-refractivity contribution >= 4 is 44.7 Å². The van der Waals surface area contributed by atoms with Crippen LogP contribution in [-0.4, -0.2) is 41.8 Å². The van der Waals surface area contributed by atoms with E-state index in [2.05, 4.69) is 10.6 Å². The largest absolute Gasteiger partial charge is 0.461 e. The molecule has 1 fully saturated rings. The number of carbonyl (C=O) groups excluding carboxylic acids is 2. The van der Waals surface area contributed by atoms with Gasteiger partial charge in [0.05, 0.1) is 16.9 Å². The molecule has 7 nitrogen and oxygen atoms in total. The number of aryl methyl sites for hydroxylation is 4. The fraction of sp³-hybridized carbons (Fsp3) is 0.321. The molecule has 8 heteroatoms. The number of pyridine rings is 1. The molecular formula is C28H30N4O3S. The van der Waals surface area contributed by atoms with Crippen LogP contribution in [0.3, 0.4) is 0 Å². The molecule has 5 rings (SSSR count). The van der Waals surface area contributed by atoms with Gasteiger partial charge in [-0.15, -0.1) is 11.3 Å². The lowest BCUT2D eigenvalue weighted by Gasteiger charge is -2.16. The van der Waals surface area contributed by atoms with Crippen molar-refractivity contribution in [2.75, 3.05) is 30.8 Å². The number of fused-ring (bicyclic) bond motifs is 1. The monoisotopic (exact) mass is 502 g/mol. The Morgan fingerprint density at radius 3 is 2.44 bits per heavy atom. The van der Waals surface area contributed by atoms with E-state index in [1.54, 1.807) is 7.05 Å². The Bertz CT molecular complexity index is 1490. The van der Waals surface area contributed by atoms with Gasteiger partial charge in [0.15, 0.2) is 0 Å². The molecule has 3 aromatic heterocycles. The first-order valence-electron chi connectivity index (χ1n) is 12.2. The second kappa shape index (κ2) is 9.43. The molecule has 1 aromatic carbocycles. The summed E-state index contributed by atoms with van der Waals surface area (Å²) in [5.74, 6) is 1.05. The van der Waals surface area contributed by atoms with Gasteiger partial charge in [-0.25, -0.2) is 4.98 Å². The predicted octanol–water partition coefficient (Wildman–Crippen LogP) is 6.32. The zero-order chi connectivity index (χ0) is 25.6. The number of rotatable bonds is 5. The summed E-state index contributed by atoms with van der Waals surface area (Å²) in [6, 6.07) is 9.68. The van der Waals surface area contributed by atoms with Crippen LogP contribution in [0.15, 0.2) is 34.7 Å². The van der Waals surface area contributed by atoms with Gasteiger partial charge >= 0.3 is 0 Å². The van der Waals surface area contributed by atoms with Crippen molar-refractivity contribution in [2.45, 2.75) is 40.5 Å². The molecule has 0 spiro atoms. The predicted molar refractivity (Wildman–Crippen MR) is 145 cm³/mol. The van der Waals surface area contributed by atoms with E-state index in [1.807, 2.05) is 62.9 Å². The van der Waals surface area contributed by atoms with Gasteiger partial charge in [-0.2, -0.15) is 0 Å². The molecule has 0 saturated carbocycles. The number of hydrogen-bond donors (Lipinski definition) is 2. The van der Waals surface area contributed by atoms with Crippen LogP contribution in [-0.2, 0) is 0 Å². The zero-order valence-electron chi connectivity index (χ0n) is 21.2. The highest BCUT2D eigenvalue weighted by molar-refractivity contribution is 7.21. The maximum atomic E-state index is 13.8. The van der Waals surface area contributed by atoms with E-state index in [1.165, 1.54) is 11.3 Å². The lowest BCUT2D eigenvalue weighted by atomic mass is 9.98. The van der Waals surface area contributed by atoms with Crippen molar-refractivity contribution in [3.05, 3.63) is 63.4 Å². The van der Waals surface area contributed by atoms with Gasteiger partial charge in [0.25, 0.3) is 11.8 Å². The smallest absolute Gasteiger partial charge is 0.266 e. The number of anilines is 2. The molecule has 4 aromatic rings. The van der Waals surface area contributed by atoms with E-state index in [9.17, 15) is 9.59 Å². The Labute approximate surface area is 214 Å². The van der Waals surface area contributed by atoms with Crippen molar-refractivity contribution < 1.29 is 14.0 Å². The summed E-state index contributed by atoms with van der Waals surface area (Å²) >= 11 is 1.36. The van der Waals surface area contributed by atoms with E-state index in [0.717, 1.165) is 53.9 Å². The molecule has 0 bridgehead atoms. The van der Waals surface area contributed by atoms with Crippen LogP contribution in [0.2, 0.25) is 0 Å². The highest BCUT2D eigenvalue weighted by Gasteiger charge is 2.31. The molecule has 1 saturated heterocycles. The highest BCUT2D eigenvalue weighted by Crippen LogP contribution is 2.44. The second-order valence-electron chi connectivity index (χ2n) is 9.37. The number of nitrogens with one attached hydrogen (secondary N) is 2. The van der Waals surface area contributed by atoms with Crippen molar-refractivity contribution in [3.63, 3.8) is 0 Å². The molecule has 0 radical (unpaired) electrons. The van der Waals surface area contributed by atoms with Crippen molar-refractivity contribution in [1.29, 1.82) is 0 Å². The molecule has 2 N–H and O–H groups in total. The van der Waals surface area contributed by atoms with Gasteiger partial charge < -0.3 is 20.0 Å². The molecular weight excluding hydrogens is 472 g/mol. The Morgan fingerprint density at radius 2 is 1.81 bits per heavy atom. The Morgan fingerprint density at radius 1 is 1.06 bits per heavy atom. The molecule has 2 amide bonds. The highest BCUT2D eigenvalue weighted by atomic mass is 32.1. The number of furan rings is 1. The van der Waals surface area contributed by atoms with Gasteiger partial charge in [0, 0.05) is 36.8 Å². The van der Waals surface area contributed by atoms with Crippen molar-refractivity contribution in [2.24, 2.45) is 0 Å². The van der Waals surface area contributed by atoms with Crippen molar-refractivity contribution in [3.8, 4) is 11.3 Å². The van der Waals surface area contributed by atoms with E-state index in [0.29, 0.717) is 38.0 Å². The van der Waals surface area contributed by atoms with Crippen LogP contribution >= 0.6 is 11.3 Å². The molecule has 186 valence electrons.